The molecule has 1 rings (SSSR count). The summed E-state index contributed by atoms with van der Waals surface area (Å²) >= 11 is 13.1. The highest BCUT2D eigenvalue weighted by Gasteiger charge is 2.42. The first-order valence-corrected chi connectivity index (χ1v) is 5.11. The Kier molecular flexibility index (Phi) is 3.12. The van der Waals surface area contributed by atoms with E-state index in [1.807, 2.05) is 6.92 Å². The van der Waals surface area contributed by atoms with Crippen molar-refractivity contribution in [2.75, 3.05) is 6.61 Å². The third kappa shape index (κ3) is 2.23. The average molecular weight is 210 g/mol. The zero-order valence-electron chi connectivity index (χ0n) is 6.58. The second-order valence-electron chi connectivity index (χ2n) is 3.11. The van der Waals surface area contributed by atoms with Crippen LogP contribution in [0.2, 0.25) is 0 Å². The molecule has 0 spiro atoms. The van der Waals surface area contributed by atoms with Gasteiger partial charge in [0.15, 0.2) is 0 Å². The molecule has 66 valence electrons. The van der Waals surface area contributed by atoms with E-state index in [0.29, 0.717) is 0 Å². The second kappa shape index (κ2) is 3.40. The SMILES string of the molecule is CC(S)(S)C1(S)CCCCO1. The van der Waals surface area contributed by atoms with Crippen LogP contribution in [-0.2, 0) is 4.74 Å². The molecule has 1 saturated heterocycles. The molecule has 0 radical (unpaired) electrons. The van der Waals surface area contributed by atoms with Gasteiger partial charge < -0.3 is 4.74 Å². The Hall–Kier alpha value is 1.01. The molecule has 0 aliphatic carbocycles. The summed E-state index contributed by atoms with van der Waals surface area (Å²) in [5.41, 5.74) is 0. The lowest BCUT2D eigenvalue weighted by Crippen LogP contribution is -2.44. The van der Waals surface area contributed by atoms with Crippen LogP contribution >= 0.6 is 37.9 Å². The molecule has 0 saturated carbocycles. The van der Waals surface area contributed by atoms with Crippen molar-refractivity contribution in [1.29, 1.82) is 0 Å². The fraction of sp³-hybridized carbons (Fsp3) is 1.00. The van der Waals surface area contributed by atoms with Crippen molar-refractivity contribution in [3.05, 3.63) is 0 Å². The molecule has 0 aromatic heterocycles. The van der Waals surface area contributed by atoms with Crippen LogP contribution in [0.4, 0.5) is 0 Å². The standard InChI is InChI=1S/C7H14OS3/c1-6(9,10)7(11)4-2-3-5-8-7/h9-11H,2-5H2,1H3. The van der Waals surface area contributed by atoms with Crippen molar-refractivity contribution in [2.45, 2.75) is 35.2 Å². The highest BCUT2D eigenvalue weighted by molar-refractivity contribution is 8.02. The second-order valence-corrected chi connectivity index (χ2v) is 5.97. The lowest BCUT2D eigenvalue weighted by Gasteiger charge is -2.41. The van der Waals surface area contributed by atoms with Crippen LogP contribution in [0, 0.1) is 0 Å². The van der Waals surface area contributed by atoms with Crippen molar-refractivity contribution in [3.63, 3.8) is 0 Å². The predicted molar refractivity (Wildman–Crippen MR) is 57.9 cm³/mol. The van der Waals surface area contributed by atoms with Gasteiger partial charge in [0, 0.05) is 6.61 Å². The summed E-state index contributed by atoms with van der Waals surface area (Å²) in [5.74, 6) is 0. The van der Waals surface area contributed by atoms with Gasteiger partial charge in [-0.3, -0.25) is 0 Å². The van der Waals surface area contributed by atoms with E-state index in [0.717, 1.165) is 25.9 Å². The highest BCUT2D eigenvalue weighted by Crippen LogP contribution is 2.44. The summed E-state index contributed by atoms with van der Waals surface area (Å²) < 4.78 is 5.08. The van der Waals surface area contributed by atoms with Gasteiger partial charge in [0.1, 0.15) is 4.93 Å². The summed E-state index contributed by atoms with van der Waals surface area (Å²) in [7, 11) is 0. The highest BCUT2D eigenvalue weighted by atomic mass is 32.2. The molecule has 11 heavy (non-hydrogen) atoms. The summed E-state index contributed by atoms with van der Waals surface area (Å²) in [6.45, 7) is 2.69. The Morgan fingerprint density at radius 3 is 2.27 bits per heavy atom. The lowest BCUT2D eigenvalue weighted by atomic mass is 10.1. The minimum Gasteiger partial charge on any atom is -0.362 e. The van der Waals surface area contributed by atoms with Gasteiger partial charge in [-0.15, -0.1) is 12.6 Å². The van der Waals surface area contributed by atoms with Gasteiger partial charge in [-0.2, -0.15) is 25.3 Å². The lowest BCUT2D eigenvalue weighted by molar-refractivity contribution is -0.0126. The Morgan fingerprint density at radius 2 is 2.00 bits per heavy atom. The van der Waals surface area contributed by atoms with Crippen molar-refractivity contribution in [3.8, 4) is 0 Å². The summed E-state index contributed by atoms with van der Waals surface area (Å²) in [6, 6.07) is 0. The maximum Gasteiger partial charge on any atom is 0.133 e. The quantitative estimate of drug-likeness (QED) is 0.445. The number of thiol groups is 3. The normalized spacial score (nSPS) is 33.8. The van der Waals surface area contributed by atoms with Gasteiger partial charge in [-0.05, 0) is 26.2 Å². The first kappa shape index (κ1) is 10.1. The number of ether oxygens (including phenoxy) is 1. The Balaban J connectivity index is 2.64. The van der Waals surface area contributed by atoms with E-state index in [1.54, 1.807) is 0 Å². The van der Waals surface area contributed by atoms with Crippen molar-refractivity contribution < 1.29 is 4.74 Å². The molecule has 1 atom stereocenters. The molecular weight excluding hydrogens is 196 g/mol. The molecule has 1 aliphatic rings. The molecule has 0 N–H and O–H groups in total. The maximum absolute atomic E-state index is 5.54. The predicted octanol–water partition coefficient (Wildman–Crippen LogP) is 2.39. The smallest absolute Gasteiger partial charge is 0.133 e. The molecule has 0 aromatic carbocycles. The van der Waals surface area contributed by atoms with E-state index < -0.39 is 9.01 Å². The minimum absolute atomic E-state index is 0.461. The van der Waals surface area contributed by atoms with Gasteiger partial charge in [0.05, 0.1) is 4.08 Å². The van der Waals surface area contributed by atoms with Gasteiger partial charge in [0.25, 0.3) is 0 Å². The molecule has 1 fully saturated rings. The van der Waals surface area contributed by atoms with E-state index in [-0.39, 0.29) is 0 Å². The molecule has 0 bridgehead atoms. The van der Waals surface area contributed by atoms with Crippen LogP contribution in [0.25, 0.3) is 0 Å². The first-order valence-electron chi connectivity index (χ1n) is 3.77. The zero-order chi connectivity index (χ0) is 8.54. The van der Waals surface area contributed by atoms with E-state index in [2.05, 4.69) is 37.9 Å². The maximum atomic E-state index is 5.54. The van der Waals surface area contributed by atoms with Crippen molar-refractivity contribution in [1.82, 2.24) is 0 Å². The van der Waals surface area contributed by atoms with Gasteiger partial charge >= 0.3 is 0 Å². The van der Waals surface area contributed by atoms with Crippen LogP contribution in [0.5, 0.6) is 0 Å². The van der Waals surface area contributed by atoms with Crippen LogP contribution in [-0.4, -0.2) is 15.6 Å². The Labute approximate surface area is 84.5 Å². The number of hydrogen-bond donors (Lipinski definition) is 3. The van der Waals surface area contributed by atoms with Gasteiger partial charge in [0.2, 0.25) is 0 Å². The largest absolute Gasteiger partial charge is 0.362 e. The number of hydrogen-bond acceptors (Lipinski definition) is 4. The number of rotatable bonds is 1. The van der Waals surface area contributed by atoms with E-state index >= 15 is 0 Å². The molecule has 1 unspecified atom stereocenters. The average Bonchev–Trinajstić information content (AvgIpc) is 1.87. The van der Waals surface area contributed by atoms with E-state index in [4.69, 9.17) is 4.74 Å². The van der Waals surface area contributed by atoms with Crippen LogP contribution in [0.15, 0.2) is 0 Å². The Morgan fingerprint density at radius 1 is 1.36 bits per heavy atom. The molecular formula is C7H14OS3. The van der Waals surface area contributed by atoms with Gasteiger partial charge in [-0.1, -0.05) is 0 Å². The van der Waals surface area contributed by atoms with Crippen LogP contribution in [0.3, 0.4) is 0 Å². The van der Waals surface area contributed by atoms with E-state index in [1.165, 1.54) is 0 Å². The molecule has 0 amide bonds. The topological polar surface area (TPSA) is 9.23 Å². The molecule has 1 heterocycles. The molecule has 4 heteroatoms. The summed E-state index contributed by atoms with van der Waals surface area (Å²) in [6.07, 6.45) is 3.21. The van der Waals surface area contributed by atoms with Crippen LogP contribution < -0.4 is 0 Å². The van der Waals surface area contributed by atoms with Crippen molar-refractivity contribution in [2.24, 2.45) is 0 Å². The third-order valence-corrected chi connectivity index (χ3v) is 3.87. The molecule has 0 aromatic rings. The van der Waals surface area contributed by atoms with E-state index in [9.17, 15) is 0 Å². The fourth-order valence-corrected chi connectivity index (χ4v) is 1.76. The first-order chi connectivity index (χ1) is 4.96. The van der Waals surface area contributed by atoms with Crippen LogP contribution in [0.1, 0.15) is 26.2 Å². The Bertz CT molecular complexity index is 135. The summed E-state index contributed by atoms with van der Waals surface area (Å²) in [4.78, 5) is -0.461. The third-order valence-electron chi connectivity index (χ3n) is 1.99. The summed E-state index contributed by atoms with van der Waals surface area (Å²) in [5, 5.41) is 0. The van der Waals surface area contributed by atoms with Crippen molar-refractivity contribution >= 4 is 37.9 Å². The van der Waals surface area contributed by atoms with Gasteiger partial charge in [-0.25, -0.2) is 0 Å². The molecule has 1 aliphatic heterocycles. The minimum atomic E-state index is -0.462. The monoisotopic (exact) mass is 210 g/mol. The fourth-order valence-electron chi connectivity index (χ4n) is 1.15. The zero-order valence-corrected chi connectivity index (χ0v) is 9.26. The molecule has 1 nitrogen and oxygen atoms in total.